The molecule has 0 radical (unpaired) electrons. The first-order valence-electron chi connectivity index (χ1n) is 3.34. The van der Waals surface area contributed by atoms with Crippen molar-refractivity contribution in [2.24, 2.45) is 0 Å². The predicted molar refractivity (Wildman–Crippen MR) is 39.6 cm³/mol. The Morgan fingerprint density at radius 2 is 2.00 bits per heavy atom. The summed E-state index contributed by atoms with van der Waals surface area (Å²) < 4.78 is 10.8. The largest absolute Gasteiger partial charge is 0.376 e. The summed E-state index contributed by atoms with van der Waals surface area (Å²) in [6.07, 6.45) is 0. The number of hydrogen-bond donors (Lipinski definition) is 1. The summed E-state index contributed by atoms with van der Waals surface area (Å²) in [5, 5.41) is 3.17. The molecule has 1 N–H and O–H groups in total. The van der Waals surface area contributed by atoms with Gasteiger partial charge in [0, 0.05) is 13.1 Å². The molecular weight excluding hydrogens is 154 g/mol. The summed E-state index contributed by atoms with van der Waals surface area (Å²) in [5.41, 5.74) is 0.0677. The molecule has 0 atom stereocenters. The fraction of sp³-hybridized carbons (Fsp3) is 1.00. The molecular formula is C6H12ClNO2. The Labute approximate surface area is 66.5 Å². The van der Waals surface area contributed by atoms with E-state index < -0.39 is 0 Å². The highest BCUT2D eigenvalue weighted by Gasteiger charge is 2.39. The molecule has 2 aliphatic heterocycles. The first-order valence-corrected chi connectivity index (χ1v) is 3.34. The summed E-state index contributed by atoms with van der Waals surface area (Å²) in [4.78, 5) is 0. The Hall–Kier alpha value is 0.170. The Morgan fingerprint density at radius 3 is 2.30 bits per heavy atom. The predicted octanol–water partition coefficient (Wildman–Crippen LogP) is -0.203. The van der Waals surface area contributed by atoms with Gasteiger partial charge in [-0.25, -0.2) is 0 Å². The van der Waals surface area contributed by atoms with E-state index in [9.17, 15) is 0 Å². The van der Waals surface area contributed by atoms with Gasteiger partial charge in [0.15, 0.2) is 0 Å². The van der Waals surface area contributed by atoms with Gasteiger partial charge in [-0.15, -0.1) is 12.4 Å². The van der Waals surface area contributed by atoms with Gasteiger partial charge in [-0.3, -0.25) is 0 Å². The van der Waals surface area contributed by atoms with Gasteiger partial charge in [0.25, 0.3) is 0 Å². The van der Waals surface area contributed by atoms with E-state index in [1.165, 1.54) is 0 Å². The monoisotopic (exact) mass is 165 g/mol. The molecule has 0 unspecified atom stereocenters. The van der Waals surface area contributed by atoms with E-state index in [4.69, 9.17) is 9.47 Å². The van der Waals surface area contributed by atoms with E-state index in [1.54, 1.807) is 0 Å². The molecule has 2 fully saturated rings. The number of nitrogens with one attached hydrogen (secondary N) is 1. The van der Waals surface area contributed by atoms with Crippen molar-refractivity contribution < 1.29 is 9.47 Å². The summed E-state index contributed by atoms with van der Waals surface area (Å²) >= 11 is 0. The zero-order chi connectivity index (χ0) is 6.16. The van der Waals surface area contributed by atoms with E-state index in [0.29, 0.717) is 0 Å². The quantitative estimate of drug-likeness (QED) is 0.539. The van der Waals surface area contributed by atoms with E-state index in [2.05, 4.69) is 5.32 Å². The van der Waals surface area contributed by atoms with Crippen molar-refractivity contribution >= 4 is 12.4 Å². The summed E-state index contributed by atoms with van der Waals surface area (Å²) in [5.74, 6) is 0. The zero-order valence-electron chi connectivity index (χ0n) is 5.76. The Kier molecular flexibility index (Phi) is 2.52. The lowest BCUT2D eigenvalue weighted by Gasteiger charge is -2.44. The number of halogens is 1. The lowest BCUT2D eigenvalue weighted by atomic mass is 9.98. The average Bonchev–Trinajstić information content (AvgIpc) is 1.87. The highest BCUT2D eigenvalue weighted by atomic mass is 35.5. The van der Waals surface area contributed by atoms with E-state index in [-0.39, 0.29) is 18.0 Å². The molecule has 2 heterocycles. The van der Waals surface area contributed by atoms with Crippen LogP contribution in [0.25, 0.3) is 0 Å². The third-order valence-electron chi connectivity index (χ3n) is 1.90. The first-order chi connectivity index (χ1) is 4.41. The number of rotatable bonds is 0. The van der Waals surface area contributed by atoms with Crippen molar-refractivity contribution in [3.8, 4) is 0 Å². The number of ether oxygens (including phenoxy) is 2. The third-order valence-corrected chi connectivity index (χ3v) is 1.90. The van der Waals surface area contributed by atoms with Gasteiger partial charge in [-0.05, 0) is 0 Å². The molecule has 0 aliphatic carbocycles. The molecule has 0 amide bonds. The topological polar surface area (TPSA) is 30.5 Å². The molecule has 4 heteroatoms. The first kappa shape index (κ1) is 8.27. The van der Waals surface area contributed by atoms with Gasteiger partial charge < -0.3 is 14.8 Å². The van der Waals surface area contributed by atoms with Crippen molar-refractivity contribution in [1.82, 2.24) is 5.32 Å². The minimum Gasteiger partial charge on any atom is -0.376 e. The lowest BCUT2D eigenvalue weighted by Crippen LogP contribution is -2.65. The van der Waals surface area contributed by atoms with Crippen molar-refractivity contribution in [2.75, 3.05) is 32.9 Å². The van der Waals surface area contributed by atoms with Gasteiger partial charge in [0.1, 0.15) is 5.60 Å². The Balaban J connectivity index is 0.000000500. The smallest absolute Gasteiger partial charge is 0.116 e. The fourth-order valence-corrected chi connectivity index (χ4v) is 1.22. The Morgan fingerprint density at radius 1 is 1.20 bits per heavy atom. The maximum absolute atomic E-state index is 5.51. The fourth-order valence-electron chi connectivity index (χ4n) is 1.22. The average molecular weight is 166 g/mol. The SMILES string of the molecule is C1COC2(CNC2)CO1.Cl. The van der Waals surface area contributed by atoms with Crippen LogP contribution in [0.3, 0.4) is 0 Å². The maximum atomic E-state index is 5.51. The van der Waals surface area contributed by atoms with Crippen LogP contribution in [-0.4, -0.2) is 38.5 Å². The van der Waals surface area contributed by atoms with Crippen LogP contribution in [0.5, 0.6) is 0 Å². The van der Waals surface area contributed by atoms with Crippen LogP contribution < -0.4 is 5.32 Å². The minimum atomic E-state index is 0. The van der Waals surface area contributed by atoms with Crippen LogP contribution in [-0.2, 0) is 9.47 Å². The number of hydrogen-bond acceptors (Lipinski definition) is 3. The van der Waals surface area contributed by atoms with Crippen molar-refractivity contribution in [2.45, 2.75) is 5.60 Å². The highest BCUT2D eigenvalue weighted by molar-refractivity contribution is 5.85. The standard InChI is InChI=1S/C6H11NO2.ClH/c1-2-9-6(5-8-1)3-7-4-6;/h7H,1-5H2;1H. The second-order valence-electron chi connectivity index (χ2n) is 2.69. The Bertz CT molecular complexity index is 108. The molecule has 2 saturated heterocycles. The van der Waals surface area contributed by atoms with Gasteiger partial charge in [0.2, 0.25) is 0 Å². The zero-order valence-corrected chi connectivity index (χ0v) is 6.58. The van der Waals surface area contributed by atoms with Gasteiger partial charge >= 0.3 is 0 Å². The molecule has 3 nitrogen and oxygen atoms in total. The second kappa shape index (κ2) is 3.05. The van der Waals surface area contributed by atoms with Gasteiger partial charge in [0.05, 0.1) is 19.8 Å². The summed E-state index contributed by atoms with van der Waals surface area (Å²) in [7, 11) is 0. The summed E-state index contributed by atoms with van der Waals surface area (Å²) in [6, 6.07) is 0. The minimum absolute atomic E-state index is 0. The molecule has 2 rings (SSSR count). The normalized spacial score (nSPS) is 28.8. The molecule has 0 bridgehead atoms. The molecule has 0 aromatic rings. The van der Waals surface area contributed by atoms with Crippen LogP contribution in [0, 0.1) is 0 Å². The van der Waals surface area contributed by atoms with Gasteiger partial charge in [-0.1, -0.05) is 0 Å². The van der Waals surface area contributed by atoms with Crippen molar-refractivity contribution in [3.05, 3.63) is 0 Å². The van der Waals surface area contributed by atoms with E-state index >= 15 is 0 Å². The van der Waals surface area contributed by atoms with E-state index in [0.717, 1.165) is 32.9 Å². The molecule has 0 saturated carbocycles. The molecule has 60 valence electrons. The molecule has 2 aliphatic rings. The maximum Gasteiger partial charge on any atom is 0.116 e. The molecule has 0 aromatic heterocycles. The van der Waals surface area contributed by atoms with Crippen molar-refractivity contribution in [1.29, 1.82) is 0 Å². The lowest BCUT2D eigenvalue weighted by molar-refractivity contribution is -0.177. The molecule has 0 aromatic carbocycles. The molecule has 1 spiro atoms. The van der Waals surface area contributed by atoms with Crippen LogP contribution in [0.15, 0.2) is 0 Å². The summed E-state index contributed by atoms with van der Waals surface area (Å²) in [6.45, 7) is 4.24. The molecule has 10 heavy (non-hydrogen) atoms. The second-order valence-corrected chi connectivity index (χ2v) is 2.69. The third kappa shape index (κ3) is 1.27. The van der Waals surface area contributed by atoms with Crippen LogP contribution in [0.4, 0.5) is 0 Å². The van der Waals surface area contributed by atoms with Crippen molar-refractivity contribution in [3.63, 3.8) is 0 Å². The van der Waals surface area contributed by atoms with Crippen LogP contribution in [0.2, 0.25) is 0 Å². The van der Waals surface area contributed by atoms with E-state index in [1.807, 2.05) is 0 Å². The van der Waals surface area contributed by atoms with Crippen LogP contribution in [0.1, 0.15) is 0 Å². The van der Waals surface area contributed by atoms with Crippen LogP contribution >= 0.6 is 12.4 Å². The highest BCUT2D eigenvalue weighted by Crippen LogP contribution is 2.19. The van der Waals surface area contributed by atoms with Gasteiger partial charge in [-0.2, -0.15) is 0 Å².